The maximum absolute atomic E-state index is 13.7. The van der Waals surface area contributed by atoms with E-state index in [1.165, 1.54) is 12.1 Å². The highest BCUT2D eigenvalue weighted by Gasteiger charge is 2.14. The van der Waals surface area contributed by atoms with Gasteiger partial charge in [-0.25, -0.2) is 4.39 Å². The van der Waals surface area contributed by atoms with Crippen LogP contribution in [0, 0.1) is 16.3 Å². The summed E-state index contributed by atoms with van der Waals surface area (Å²) in [4.78, 5) is 14.8. The summed E-state index contributed by atoms with van der Waals surface area (Å²) in [7, 11) is 0. The summed E-state index contributed by atoms with van der Waals surface area (Å²) in [6.07, 6.45) is 0. The Labute approximate surface area is 168 Å². The Balaban J connectivity index is 2.15. The number of amides is 1. The van der Waals surface area contributed by atoms with Gasteiger partial charge in [-0.05, 0) is 84.6 Å². The number of nitrogens with zero attached hydrogens (tertiary/aromatic N) is 1. The molecule has 1 amide bonds. The van der Waals surface area contributed by atoms with Crippen molar-refractivity contribution in [3.05, 3.63) is 56.9 Å². The number of rotatable bonds is 8. The van der Waals surface area contributed by atoms with Gasteiger partial charge in [0.05, 0.1) is 11.3 Å². The van der Waals surface area contributed by atoms with Crippen LogP contribution in [-0.2, 0) is 0 Å². The van der Waals surface area contributed by atoms with Gasteiger partial charge in [0.25, 0.3) is 5.91 Å². The highest BCUT2D eigenvalue weighted by Crippen LogP contribution is 2.25. The van der Waals surface area contributed by atoms with Crippen molar-refractivity contribution in [1.29, 1.82) is 0 Å². The van der Waals surface area contributed by atoms with Gasteiger partial charge in [0.2, 0.25) is 0 Å². The lowest BCUT2D eigenvalue weighted by Gasteiger charge is -2.18. The molecule has 2 aromatic carbocycles. The molecular weight excluding hydrogens is 444 g/mol. The molecule has 0 aliphatic heterocycles. The van der Waals surface area contributed by atoms with Crippen LogP contribution >= 0.6 is 22.6 Å². The molecule has 0 unspecified atom stereocenters. The molecule has 2 N–H and O–H groups in total. The van der Waals surface area contributed by atoms with E-state index in [2.05, 4.69) is 58.0 Å². The van der Waals surface area contributed by atoms with Crippen molar-refractivity contribution in [3.63, 3.8) is 0 Å². The highest BCUT2D eigenvalue weighted by molar-refractivity contribution is 14.1. The number of carbonyl (C=O) groups is 1. The molecule has 0 atom stereocenters. The minimum Gasteiger partial charge on any atom is -0.355 e. The quantitative estimate of drug-likeness (QED) is 0.558. The molecule has 0 spiro atoms. The first-order valence-corrected chi connectivity index (χ1v) is 9.85. The third-order valence-corrected chi connectivity index (χ3v) is 4.96. The summed E-state index contributed by atoms with van der Waals surface area (Å²) in [5.41, 5.74) is 2.86. The van der Waals surface area contributed by atoms with Crippen molar-refractivity contribution in [3.8, 4) is 0 Å². The number of likely N-dealkylation sites (N-methyl/N-ethyl adjacent to an activating group) is 1. The Morgan fingerprint density at radius 2 is 1.81 bits per heavy atom. The number of aryl methyl sites for hydroxylation is 1. The molecule has 0 saturated heterocycles. The number of hydrogen-bond acceptors (Lipinski definition) is 3. The lowest BCUT2D eigenvalue weighted by atomic mass is 10.1. The van der Waals surface area contributed by atoms with Crippen LogP contribution in [0.2, 0.25) is 0 Å². The van der Waals surface area contributed by atoms with Crippen LogP contribution in [0.1, 0.15) is 29.8 Å². The van der Waals surface area contributed by atoms with E-state index < -0.39 is 5.82 Å². The summed E-state index contributed by atoms with van der Waals surface area (Å²) < 4.78 is 14.9. The SMILES string of the molecule is CCN(CC)CCNC(=O)c1cc(F)ccc1Nc1ccc(I)cc1C. The van der Waals surface area contributed by atoms with E-state index in [1.54, 1.807) is 6.07 Å². The number of anilines is 2. The first-order chi connectivity index (χ1) is 12.4. The summed E-state index contributed by atoms with van der Waals surface area (Å²) in [5, 5.41) is 6.14. The van der Waals surface area contributed by atoms with Gasteiger partial charge in [-0.3, -0.25) is 4.79 Å². The predicted octanol–water partition coefficient (Wildman–Crippen LogP) is 4.55. The summed E-state index contributed by atoms with van der Waals surface area (Å²) >= 11 is 2.26. The van der Waals surface area contributed by atoms with E-state index in [-0.39, 0.29) is 5.91 Å². The van der Waals surface area contributed by atoms with Crippen LogP contribution < -0.4 is 10.6 Å². The van der Waals surface area contributed by atoms with Crippen LogP contribution in [-0.4, -0.2) is 37.0 Å². The molecular formula is C20H25FIN3O. The molecule has 6 heteroatoms. The number of nitrogens with one attached hydrogen (secondary N) is 2. The van der Waals surface area contributed by atoms with Gasteiger partial charge >= 0.3 is 0 Å². The van der Waals surface area contributed by atoms with Crippen molar-refractivity contribution in [2.75, 3.05) is 31.5 Å². The largest absolute Gasteiger partial charge is 0.355 e. The molecule has 26 heavy (non-hydrogen) atoms. The smallest absolute Gasteiger partial charge is 0.253 e. The van der Waals surface area contributed by atoms with Crippen LogP contribution in [0.15, 0.2) is 36.4 Å². The summed E-state index contributed by atoms with van der Waals surface area (Å²) in [6.45, 7) is 9.34. The van der Waals surface area contributed by atoms with Gasteiger partial charge in [0.15, 0.2) is 0 Å². The van der Waals surface area contributed by atoms with Gasteiger partial charge in [-0.2, -0.15) is 0 Å². The second-order valence-corrected chi connectivity index (χ2v) is 7.30. The Bertz CT molecular complexity index is 763. The van der Waals surface area contributed by atoms with Gasteiger partial charge in [-0.1, -0.05) is 13.8 Å². The molecule has 2 rings (SSSR count). The van der Waals surface area contributed by atoms with Crippen LogP contribution in [0.4, 0.5) is 15.8 Å². The fourth-order valence-electron chi connectivity index (χ4n) is 2.69. The Morgan fingerprint density at radius 3 is 2.46 bits per heavy atom. The second kappa shape index (κ2) is 9.87. The summed E-state index contributed by atoms with van der Waals surface area (Å²) in [6, 6.07) is 10.2. The number of hydrogen-bond donors (Lipinski definition) is 2. The topological polar surface area (TPSA) is 44.4 Å². The van der Waals surface area contributed by atoms with E-state index in [1.807, 2.05) is 19.1 Å². The highest BCUT2D eigenvalue weighted by atomic mass is 127. The third-order valence-electron chi connectivity index (χ3n) is 4.29. The molecule has 4 nitrogen and oxygen atoms in total. The molecule has 0 radical (unpaired) electrons. The lowest BCUT2D eigenvalue weighted by molar-refractivity contribution is 0.0949. The second-order valence-electron chi connectivity index (χ2n) is 6.06. The minimum absolute atomic E-state index is 0.276. The zero-order chi connectivity index (χ0) is 19.1. The van der Waals surface area contributed by atoms with E-state index in [9.17, 15) is 9.18 Å². The van der Waals surface area contributed by atoms with Crippen molar-refractivity contribution in [2.24, 2.45) is 0 Å². The Hall–Kier alpha value is -1.67. The Kier molecular flexibility index (Phi) is 7.84. The molecule has 0 heterocycles. The standard InChI is InChI=1S/C20H25FIN3O/c1-4-25(5-2)11-10-23-20(26)17-13-15(21)6-8-19(17)24-18-9-7-16(22)12-14(18)3/h6-9,12-13,24H,4-5,10-11H2,1-3H3,(H,23,26). The van der Waals surface area contributed by atoms with E-state index in [4.69, 9.17) is 0 Å². The van der Waals surface area contributed by atoms with Gasteiger partial charge in [0, 0.05) is 22.3 Å². The zero-order valence-electron chi connectivity index (χ0n) is 15.4. The van der Waals surface area contributed by atoms with Crippen LogP contribution in [0.25, 0.3) is 0 Å². The minimum atomic E-state index is -0.427. The molecule has 0 aliphatic rings. The average molecular weight is 469 g/mol. The van der Waals surface area contributed by atoms with Gasteiger partial charge in [-0.15, -0.1) is 0 Å². The zero-order valence-corrected chi connectivity index (χ0v) is 17.6. The van der Waals surface area contributed by atoms with E-state index in [0.29, 0.717) is 17.8 Å². The predicted molar refractivity (Wildman–Crippen MR) is 114 cm³/mol. The van der Waals surface area contributed by atoms with E-state index in [0.717, 1.165) is 34.5 Å². The number of carbonyl (C=O) groups excluding carboxylic acids is 1. The summed E-state index contributed by atoms with van der Waals surface area (Å²) in [5.74, 6) is -0.703. The van der Waals surface area contributed by atoms with Crippen molar-refractivity contribution in [1.82, 2.24) is 10.2 Å². The first kappa shape index (κ1) is 20.6. The monoisotopic (exact) mass is 469 g/mol. The van der Waals surface area contributed by atoms with Crippen molar-refractivity contribution >= 4 is 39.9 Å². The first-order valence-electron chi connectivity index (χ1n) is 8.77. The van der Waals surface area contributed by atoms with Crippen molar-refractivity contribution in [2.45, 2.75) is 20.8 Å². The maximum Gasteiger partial charge on any atom is 0.253 e. The molecule has 2 aromatic rings. The van der Waals surface area contributed by atoms with Crippen molar-refractivity contribution < 1.29 is 9.18 Å². The molecule has 0 aliphatic carbocycles. The number of halogens is 2. The molecule has 140 valence electrons. The third kappa shape index (κ3) is 5.67. The molecule has 0 saturated carbocycles. The van der Waals surface area contributed by atoms with Gasteiger partial charge in [0.1, 0.15) is 5.82 Å². The molecule has 0 fully saturated rings. The van der Waals surface area contributed by atoms with Crippen LogP contribution in [0.5, 0.6) is 0 Å². The average Bonchev–Trinajstić information content (AvgIpc) is 2.62. The normalized spacial score (nSPS) is 10.8. The maximum atomic E-state index is 13.7. The number of benzene rings is 2. The van der Waals surface area contributed by atoms with E-state index >= 15 is 0 Å². The Morgan fingerprint density at radius 1 is 1.12 bits per heavy atom. The van der Waals surface area contributed by atoms with Crippen LogP contribution in [0.3, 0.4) is 0 Å². The van der Waals surface area contributed by atoms with Gasteiger partial charge < -0.3 is 15.5 Å². The molecule has 0 bridgehead atoms. The lowest BCUT2D eigenvalue weighted by Crippen LogP contribution is -2.35. The molecule has 0 aromatic heterocycles. The fraction of sp³-hybridized carbons (Fsp3) is 0.350. The fourth-order valence-corrected chi connectivity index (χ4v) is 3.34.